The minimum Gasteiger partial charge on any atom is -0.353 e. The summed E-state index contributed by atoms with van der Waals surface area (Å²) in [7, 11) is 0. The molecule has 0 amide bonds. The molecule has 8 heteroatoms. The van der Waals surface area contributed by atoms with E-state index in [0.717, 1.165) is 49.6 Å². The van der Waals surface area contributed by atoms with Crippen molar-refractivity contribution in [3.05, 3.63) is 36.8 Å². The van der Waals surface area contributed by atoms with E-state index in [4.69, 9.17) is 0 Å². The Kier molecular flexibility index (Phi) is 4.17. The summed E-state index contributed by atoms with van der Waals surface area (Å²) in [6.07, 6.45) is 5.92. The maximum atomic E-state index is 14.0. The number of hydrogen-bond acceptors (Lipinski definition) is 6. The second kappa shape index (κ2) is 6.62. The first kappa shape index (κ1) is 15.7. The molecule has 25 heavy (non-hydrogen) atoms. The Labute approximate surface area is 145 Å². The summed E-state index contributed by atoms with van der Waals surface area (Å²) < 4.78 is 16.0. The number of halogens is 1. The average Bonchev–Trinajstić information content (AvgIpc) is 2.91. The molecule has 0 atom stereocenters. The van der Waals surface area contributed by atoms with E-state index >= 15 is 0 Å². The molecule has 7 nitrogen and oxygen atoms in total. The van der Waals surface area contributed by atoms with Crippen LogP contribution in [0.5, 0.6) is 0 Å². The van der Waals surface area contributed by atoms with Gasteiger partial charge in [0.05, 0.1) is 6.33 Å². The van der Waals surface area contributed by atoms with E-state index < -0.39 is 0 Å². The molecule has 0 unspecified atom stereocenters. The van der Waals surface area contributed by atoms with Crippen molar-refractivity contribution >= 4 is 22.8 Å². The maximum Gasteiger partial charge on any atom is 0.165 e. The largest absolute Gasteiger partial charge is 0.353 e. The molecule has 0 aromatic carbocycles. The fraction of sp³-hybridized carbons (Fsp3) is 0.412. The van der Waals surface area contributed by atoms with Gasteiger partial charge in [-0.1, -0.05) is 0 Å². The predicted octanol–water partition coefficient (Wildman–Crippen LogP) is 2.10. The molecule has 1 aliphatic heterocycles. The lowest BCUT2D eigenvalue weighted by molar-refractivity contribution is 0.610. The molecular formula is C17H20FN7. The quantitative estimate of drug-likeness (QED) is 0.727. The summed E-state index contributed by atoms with van der Waals surface area (Å²) in [5, 5.41) is 0. The van der Waals surface area contributed by atoms with Gasteiger partial charge in [-0.05, 0) is 25.5 Å². The van der Waals surface area contributed by atoms with Crippen LogP contribution in [-0.2, 0) is 6.54 Å². The number of nitrogens with zero attached hydrogens (tertiary/aromatic N) is 7. The Morgan fingerprint density at radius 1 is 1.00 bits per heavy atom. The Morgan fingerprint density at radius 2 is 1.80 bits per heavy atom. The van der Waals surface area contributed by atoms with Crippen LogP contribution in [0.3, 0.4) is 0 Å². The van der Waals surface area contributed by atoms with E-state index in [0.29, 0.717) is 12.4 Å². The molecule has 0 N–H and O–H groups in total. The molecule has 1 saturated heterocycles. The molecule has 3 aromatic rings. The van der Waals surface area contributed by atoms with Crippen molar-refractivity contribution in [2.24, 2.45) is 0 Å². The van der Waals surface area contributed by atoms with Crippen molar-refractivity contribution in [2.45, 2.75) is 19.9 Å². The van der Waals surface area contributed by atoms with Gasteiger partial charge < -0.3 is 14.4 Å². The van der Waals surface area contributed by atoms with Crippen molar-refractivity contribution in [1.82, 2.24) is 24.5 Å². The molecular weight excluding hydrogens is 321 g/mol. The highest BCUT2D eigenvalue weighted by Crippen LogP contribution is 2.24. The molecule has 0 bridgehead atoms. The summed E-state index contributed by atoms with van der Waals surface area (Å²) >= 11 is 0. The van der Waals surface area contributed by atoms with Crippen molar-refractivity contribution in [1.29, 1.82) is 0 Å². The van der Waals surface area contributed by atoms with E-state index in [1.807, 2.05) is 9.47 Å². The molecule has 1 fully saturated rings. The van der Waals surface area contributed by atoms with E-state index in [2.05, 4.69) is 31.8 Å². The van der Waals surface area contributed by atoms with Crippen LogP contribution in [0.25, 0.3) is 11.2 Å². The number of rotatable bonds is 3. The number of aryl methyl sites for hydroxylation is 1. The van der Waals surface area contributed by atoms with Crippen LogP contribution in [-0.4, -0.2) is 50.7 Å². The molecule has 0 saturated carbocycles. The molecule has 1 aliphatic rings. The van der Waals surface area contributed by atoms with Crippen LogP contribution in [0, 0.1) is 5.82 Å². The Bertz CT molecular complexity index is 878. The highest BCUT2D eigenvalue weighted by Gasteiger charge is 2.21. The highest BCUT2D eigenvalue weighted by molar-refractivity contribution is 5.83. The molecule has 3 aromatic heterocycles. The number of anilines is 2. The molecule has 0 spiro atoms. The topological polar surface area (TPSA) is 63.0 Å². The van der Waals surface area contributed by atoms with Gasteiger partial charge in [0.15, 0.2) is 28.6 Å². The zero-order valence-electron chi connectivity index (χ0n) is 14.1. The first-order valence-electron chi connectivity index (χ1n) is 8.54. The van der Waals surface area contributed by atoms with Crippen LogP contribution in [0.2, 0.25) is 0 Å². The molecule has 4 rings (SSSR count). The molecule has 0 radical (unpaired) electrons. The minimum atomic E-state index is -0.276. The standard InChI is InChI=1S/C17H20FN7/c1-2-23-12-22-14-16(23)20-11-21-17(14)25-8-4-7-24(9-10-25)15-13(18)5-3-6-19-15/h3,5-6,11-12H,2,4,7-10H2,1H3. The second-order valence-electron chi connectivity index (χ2n) is 6.04. The lowest BCUT2D eigenvalue weighted by Crippen LogP contribution is -2.32. The fourth-order valence-electron chi connectivity index (χ4n) is 3.28. The number of fused-ring (bicyclic) bond motifs is 1. The summed E-state index contributed by atoms with van der Waals surface area (Å²) in [4.78, 5) is 21.7. The molecule has 4 heterocycles. The maximum absolute atomic E-state index is 14.0. The van der Waals surface area contributed by atoms with Crippen LogP contribution in [0.4, 0.5) is 16.0 Å². The first-order chi connectivity index (χ1) is 12.3. The predicted molar refractivity (Wildman–Crippen MR) is 94.2 cm³/mol. The van der Waals surface area contributed by atoms with Crippen LogP contribution >= 0.6 is 0 Å². The number of pyridine rings is 1. The van der Waals surface area contributed by atoms with Gasteiger partial charge in [-0.25, -0.2) is 24.3 Å². The van der Waals surface area contributed by atoms with Crippen LogP contribution in [0.1, 0.15) is 13.3 Å². The van der Waals surface area contributed by atoms with Gasteiger partial charge in [0, 0.05) is 38.9 Å². The Hall–Kier alpha value is -2.77. The molecule has 0 aliphatic carbocycles. The van der Waals surface area contributed by atoms with Gasteiger partial charge in [0.25, 0.3) is 0 Å². The zero-order valence-corrected chi connectivity index (χ0v) is 14.1. The van der Waals surface area contributed by atoms with Gasteiger partial charge in [-0.3, -0.25) is 0 Å². The summed E-state index contributed by atoms with van der Waals surface area (Å²) in [5.74, 6) is 0.995. The SMILES string of the molecule is CCn1cnc2c(N3CCCN(c4ncccc4F)CC3)ncnc21. The van der Waals surface area contributed by atoms with Crippen molar-refractivity contribution in [2.75, 3.05) is 36.0 Å². The third kappa shape index (κ3) is 2.88. The summed E-state index contributed by atoms with van der Waals surface area (Å²) in [5.41, 5.74) is 1.67. The monoisotopic (exact) mass is 341 g/mol. The summed E-state index contributed by atoms with van der Waals surface area (Å²) in [6, 6.07) is 3.07. The smallest absolute Gasteiger partial charge is 0.165 e. The number of imidazole rings is 1. The lowest BCUT2D eigenvalue weighted by Gasteiger charge is -2.23. The zero-order chi connectivity index (χ0) is 17.2. The fourth-order valence-corrected chi connectivity index (χ4v) is 3.28. The normalized spacial score (nSPS) is 15.6. The van der Waals surface area contributed by atoms with E-state index in [1.165, 1.54) is 6.07 Å². The van der Waals surface area contributed by atoms with Crippen LogP contribution < -0.4 is 9.80 Å². The van der Waals surface area contributed by atoms with E-state index in [9.17, 15) is 4.39 Å². The van der Waals surface area contributed by atoms with Crippen molar-refractivity contribution in [3.8, 4) is 0 Å². The van der Waals surface area contributed by atoms with Crippen molar-refractivity contribution < 1.29 is 4.39 Å². The van der Waals surface area contributed by atoms with Crippen LogP contribution in [0.15, 0.2) is 31.0 Å². The lowest BCUT2D eigenvalue weighted by atomic mass is 10.3. The van der Waals surface area contributed by atoms with Gasteiger partial charge in [0.2, 0.25) is 0 Å². The Morgan fingerprint density at radius 3 is 2.56 bits per heavy atom. The second-order valence-corrected chi connectivity index (χ2v) is 6.04. The molecule has 130 valence electrons. The highest BCUT2D eigenvalue weighted by atomic mass is 19.1. The number of hydrogen-bond donors (Lipinski definition) is 0. The van der Waals surface area contributed by atoms with Crippen molar-refractivity contribution in [3.63, 3.8) is 0 Å². The Balaban J connectivity index is 1.59. The van der Waals surface area contributed by atoms with Gasteiger partial charge >= 0.3 is 0 Å². The van der Waals surface area contributed by atoms with E-state index in [1.54, 1.807) is 24.9 Å². The van der Waals surface area contributed by atoms with Gasteiger partial charge in [-0.2, -0.15) is 0 Å². The summed E-state index contributed by atoms with van der Waals surface area (Å²) in [6.45, 7) is 5.92. The minimum absolute atomic E-state index is 0.276. The van der Waals surface area contributed by atoms with Gasteiger partial charge in [0.1, 0.15) is 6.33 Å². The average molecular weight is 341 g/mol. The van der Waals surface area contributed by atoms with Gasteiger partial charge in [-0.15, -0.1) is 0 Å². The third-order valence-corrected chi connectivity index (χ3v) is 4.56. The third-order valence-electron chi connectivity index (χ3n) is 4.56. The van der Waals surface area contributed by atoms with E-state index in [-0.39, 0.29) is 5.82 Å². The first-order valence-corrected chi connectivity index (χ1v) is 8.54. The number of aromatic nitrogens is 5.